The molecule has 1 atom stereocenters. The van der Waals surface area contributed by atoms with Gasteiger partial charge in [0.1, 0.15) is 24.3 Å². The Balaban J connectivity index is 1.65. The van der Waals surface area contributed by atoms with Crippen LogP contribution in [0.25, 0.3) is 0 Å². The van der Waals surface area contributed by atoms with Crippen LogP contribution in [0.4, 0.5) is 4.39 Å². The molecular weight excluding hydrogens is 309 g/mol. The molecule has 0 aliphatic carbocycles. The SMILES string of the molecule is Cc1cccc(OCC(O)CNC(=O)CCc2cccc(F)c2)c1. The van der Waals surface area contributed by atoms with Gasteiger partial charge in [-0.15, -0.1) is 0 Å². The van der Waals surface area contributed by atoms with Crippen molar-refractivity contribution in [1.29, 1.82) is 0 Å². The van der Waals surface area contributed by atoms with E-state index in [-0.39, 0.29) is 31.3 Å². The number of carbonyl (C=O) groups is 1. The van der Waals surface area contributed by atoms with Crippen LogP contribution in [-0.2, 0) is 11.2 Å². The fourth-order valence-corrected chi connectivity index (χ4v) is 2.23. The number of hydrogen-bond donors (Lipinski definition) is 2. The fourth-order valence-electron chi connectivity index (χ4n) is 2.23. The lowest BCUT2D eigenvalue weighted by Gasteiger charge is -2.13. The maximum absolute atomic E-state index is 13.0. The molecule has 24 heavy (non-hydrogen) atoms. The normalized spacial score (nSPS) is 11.8. The van der Waals surface area contributed by atoms with E-state index < -0.39 is 6.10 Å². The number of ether oxygens (including phenoxy) is 1. The molecule has 0 saturated heterocycles. The van der Waals surface area contributed by atoms with E-state index in [1.165, 1.54) is 12.1 Å². The molecular formula is C19H22FNO3. The Hall–Kier alpha value is -2.40. The van der Waals surface area contributed by atoms with Crippen LogP contribution in [-0.4, -0.2) is 30.3 Å². The van der Waals surface area contributed by atoms with Crippen LogP contribution in [0.15, 0.2) is 48.5 Å². The van der Waals surface area contributed by atoms with Gasteiger partial charge in [-0.2, -0.15) is 0 Å². The third-order valence-electron chi connectivity index (χ3n) is 3.50. The predicted molar refractivity (Wildman–Crippen MR) is 90.4 cm³/mol. The molecule has 0 spiro atoms. The van der Waals surface area contributed by atoms with Crippen molar-refractivity contribution in [2.24, 2.45) is 0 Å². The highest BCUT2D eigenvalue weighted by atomic mass is 19.1. The number of carbonyl (C=O) groups excluding carboxylic acids is 1. The van der Waals surface area contributed by atoms with E-state index in [0.29, 0.717) is 12.2 Å². The lowest BCUT2D eigenvalue weighted by Crippen LogP contribution is -2.35. The zero-order valence-electron chi connectivity index (χ0n) is 13.7. The quantitative estimate of drug-likeness (QED) is 0.782. The van der Waals surface area contributed by atoms with Crippen LogP contribution < -0.4 is 10.1 Å². The summed E-state index contributed by atoms with van der Waals surface area (Å²) < 4.78 is 18.5. The average Bonchev–Trinajstić information content (AvgIpc) is 2.56. The van der Waals surface area contributed by atoms with Gasteiger partial charge in [-0.25, -0.2) is 4.39 Å². The predicted octanol–water partition coefficient (Wildman–Crippen LogP) is 2.62. The Morgan fingerprint density at radius 1 is 1.25 bits per heavy atom. The van der Waals surface area contributed by atoms with Crippen LogP contribution in [0, 0.1) is 12.7 Å². The van der Waals surface area contributed by atoms with Gasteiger partial charge in [-0.05, 0) is 48.7 Å². The first-order valence-electron chi connectivity index (χ1n) is 7.91. The second-order valence-electron chi connectivity index (χ2n) is 5.72. The smallest absolute Gasteiger partial charge is 0.220 e. The van der Waals surface area contributed by atoms with E-state index >= 15 is 0 Å². The third kappa shape index (κ3) is 6.38. The van der Waals surface area contributed by atoms with Crippen LogP contribution in [0.3, 0.4) is 0 Å². The van der Waals surface area contributed by atoms with Gasteiger partial charge in [0.2, 0.25) is 5.91 Å². The number of halogens is 1. The van der Waals surface area contributed by atoms with Crippen molar-refractivity contribution in [3.8, 4) is 5.75 Å². The molecule has 0 fully saturated rings. The monoisotopic (exact) mass is 331 g/mol. The summed E-state index contributed by atoms with van der Waals surface area (Å²) in [6, 6.07) is 13.7. The zero-order valence-corrected chi connectivity index (χ0v) is 13.7. The number of aliphatic hydroxyl groups is 1. The van der Waals surface area contributed by atoms with Crippen molar-refractivity contribution in [1.82, 2.24) is 5.32 Å². The van der Waals surface area contributed by atoms with Crippen LogP contribution >= 0.6 is 0 Å². The summed E-state index contributed by atoms with van der Waals surface area (Å²) in [4.78, 5) is 11.8. The highest BCUT2D eigenvalue weighted by molar-refractivity contribution is 5.76. The third-order valence-corrected chi connectivity index (χ3v) is 3.50. The molecule has 0 bridgehead atoms. The van der Waals surface area contributed by atoms with E-state index in [1.54, 1.807) is 12.1 Å². The van der Waals surface area contributed by atoms with Gasteiger partial charge in [-0.1, -0.05) is 24.3 Å². The highest BCUT2D eigenvalue weighted by Crippen LogP contribution is 2.12. The molecule has 0 radical (unpaired) electrons. The summed E-state index contributed by atoms with van der Waals surface area (Å²) in [7, 11) is 0. The maximum Gasteiger partial charge on any atom is 0.220 e. The molecule has 2 aromatic carbocycles. The summed E-state index contributed by atoms with van der Waals surface area (Å²) in [5.74, 6) is 0.192. The van der Waals surface area contributed by atoms with Crippen molar-refractivity contribution in [3.63, 3.8) is 0 Å². The molecule has 1 amide bonds. The first-order chi connectivity index (χ1) is 11.5. The van der Waals surface area contributed by atoms with Crippen LogP contribution in [0.2, 0.25) is 0 Å². The zero-order chi connectivity index (χ0) is 17.4. The number of hydrogen-bond acceptors (Lipinski definition) is 3. The number of aryl methyl sites for hydroxylation is 2. The number of benzene rings is 2. The van der Waals surface area contributed by atoms with E-state index in [4.69, 9.17) is 4.74 Å². The fraction of sp³-hybridized carbons (Fsp3) is 0.316. The van der Waals surface area contributed by atoms with Gasteiger partial charge in [-0.3, -0.25) is 4.79 Å². The summed E-state index contributed by atoms with van der Waals surface area (Å²) in [6.07, 6.45) is -0.0855. The molecule has 128 valence electrons. The molecule has 2 rings (SSSR count). The topological polar surface area (TPSA) is 58.6 Å². The Morgan fingerprint density at radius 3 is 2.79 bits per heavy atom. The molecule has 5 heteroatoms. The molecule has 2 N–H and O–H groups in total. The van der Waals surface area contributed by atoms with Crippen LogP contribution in [0.1, 0.15) is 17.5 Å². The van der Waals surface area contributed by atoms with Crippen molar-refractivity contribution in [2.45, 2.75) is 25.9 Å². The van der Waals surface area contributed by atoms with Gasteiger partial charge < -0.3 is 15.2 Å². The van der Waals surface area contributed by atoms with Crippen LogP contribution in [0.5, 0.6) is 5.75 Å². The molecule has 2 aromatic rings. The molecule has 0 aromatic heterocycles. The number of nitrogens with one attached hydrogen (secondary N) is 1. The Kier molecular flexibility index (Phi) is 6.75. The molecule has 0 aliphatic rings. The first kappa shape index (κ1) is 17.9. The summed E-state index contributed by atoms with van der Waals surface area (Å²) in [5, 5.41) is 12.5. The minimum atomic E-state index is -0.788. The number of amides is 1. The molecule has 0 heterocycles. The second kappa shape index (κ2) is 9.03. The molecule has 1 unspecified atom stereocenters. The van der Waals surface area contributed by atoms with E-state index in [0.717, 1.165) is 11.1 Å². The van der Waals surface area contributed by atoms with E-state index in [2.05, 4.69) is 5.32 Å². The Labute approximate surface area is 141 Å². The minimum absolute atomic E-state index is 0.105. The summed E-state index contributed by atoms with van der Waals surface area (Å²) in [6.45, 7) is 2.18. The van der Waals surface area contributed by atoms with Gasteiger partial charge in [0.15, 0.2) is 0 Å². The van der Waals surface area contributed by atoms with Crippen molar-refractivity contribution < 1.29 is 19.0 Å². The first-order valence-corrected chi connectivity index (χ1v) is 7.91. The molecule has 0 aliphatic heterocycles. The number of aliphatic hydroxyl groups excluding tert-OH is 1. The molecule has 4 nitrogen and oxygen atoms in total. The standard InChI is InChI=1S/C19H22FNO3/c1-14-4-2-7-18(10-14)24-13-17(22)12-21-19(23)9-8-15-5-3-6-16(20)11-15/h2-7,10-11,17,22H,8-9,12-13H2,1H3,(H,21,23). The maximum atomic E-state index is 13.0. The largest absolute Gasteiger partial charge is 0.491 e. The lowest BCUT2D eigenvalue weighted by atomic mass is 10.1. The highest BCUT2D eigenvalue weighted by Gasteiger charge is 2.09. The minimum Gasteiger partial charge on any atom is -0.491 e. The summed E-state index contributed by atoms with van der Waals surface area (Å²) in [5.41, 5.74) is 1.85. The van der Waals surface area contributed by atoms with E-state index in [1.807, 2.05) is 31.2 Å². The van der Waals surface area contributed by atoms with Crippen molar-refractivity contribution >= 4 is 5.91 Å². The van der Waals surface area contributed by atoms with Gasteiger partial charge in [0, 0.05) is 13.0 Å². The Morgan fingerprint density at radius 2 is 2.04 bits per heavy atom. The van der Waals surface area contributed by atoms with Gasteiger partial charge in [0.05, 0.1) is 0 Å². The second-order valence-corrected chi connectivity index (χ2v) is 5.72. The number of rotatable bonds is 8. The lowest BCUT2D eigenvalue weighted by molar-refractivity contribution is -0.121. The van der Waals surface area contributed by atoms with E-state index in [9.17, 15) is 14.3 Å². The Bertz CT molecular complexity index is 675. The van der Waals surface area contributed by atoms with Gasteiger partial charge in [0.25, 0.3) is 0 Å². The van der Waals surface area contributed by atoms with Gasteiger partial charge >= 0.3 is 0 Å². The van der Waals surface area contributed by atoms with Crippen molar-refractivity contribution in [3.05, 3.63) is 65.5 Å². The van der Waals surface area contributed by atoms with Crippen molar-refractivity contribution in [2.75, 3.05) is 13.2 Å². The summed E-state index contributed by atoms with van der Waals surface area (Å²) >= 11 is 0. The average molecular weight is 331 g/mol. The molecule has 0 saturated carbocycles.